The Morgan fingerprint density at radius 2 is 1.91 bits per heavy atom. The quantitative estimate of drug-likeness (QED) is 0.595. The molecular weight excluding hydrogens is 495 g/mol. The van der Waals surface area contributed by atoms with Gasteiger partial charge in [-0.1, -0.05) is 25.1 Å². The first-order valence-electron chi connectivity index (χ1n) is 11.2. The van der Waals surface area contributed by atoms with Crippen LogP contribution in [0.15, 0.2) is 58.3 Å². The molecule has 8 nitrogen and oxygen atoms in total. The highest BCUT2D eigenvalue weighted by Gasteiger charge is 2.39. The van der Waals surface area contributed by atoms with Gasteiger partial charge in [0.05, 0.1) is 18.0 Å². The highest BCUT2D eigenvalue weighted by Crippen LogP contribution is 2.34. The minimum Gasteiger partial charge on any atom is -0.487 e. The lowest BCUT2D eigenvalue weighted by Crippen LogP contribution is -2.50. The Morgan fingerprint density at radius 3 is 2.51 bits per heavy atom. The second-order valence-electron chi connectivity index (χ2n) is 8.69. The predicted octanol–water partition coefficient (Wildman–Crippen LogP) is 2.95. The van der Waals surface area contributed by atoms with Gasteiger partial charge in [-0.15, -0.1) is 0 Å². The molecule has 0 radical (unpaired) electrons. The summed E-state index contributed by atoms with van der Waals surface area (Å²) >= 11 is 0. The second kappa shape index (κ2) is 10.8. The van der Waals surface area contributed by atoms with Gasteiger partial charge in [0.2, 0.25) is 20.0 Å². The number of sulfonamides is 2. The molecule has 0 amide bonds. The molecule has 0 spiro atoms. The Balaban J connectivity index is 2.04. The van der Waals surface area contributed by atoms with Crippen molar-refractivity contribution in [3.05, 3.63) is 59.9 Å². The highest BCUT2D eigenvalue weighted by atomic mass is 32.2. The third-order valence-corrected chi connectivity index (χ3v) is 9.87. The van der Waals surface area contributed by atoms with Crippen molar-refractivity contribution in [2.75, 3.05) is 26.7 Å². The van der Waals surface area contributed by atoms with Gasteiger partial charge in [-0.2, -0.15) is 8.61 Å². The molecule has 1 N–H and O–H groups in total. The standard InChI is InChI=1S/C24H31FN2O6S2/c1-5-6-19-7-12-24-22(13-19)33-23(17(2)14-27(18(3)16-28)35(24,31)32)15-26(4)34(29,30)21-10-8-20(25)9-11-21/h5-13,17-18,23,28H,14-16H2,1-4H3/b6-5+/t17-,18+,23-/m1/s1. The van der Waals surface area contributed by atoms with E-state index < -0.39 is 43.9 Å². The third-order valence-electron chi connectivity index (χ3n) is 6.01. The van der Waals surface area contributed by atoms with Crippen LogP contribution in [0.2, 0.25) is 0 Å². The van der Waals surface area contributed by atoms with E-state index in [1.54, 1.807) is 32.1 Å². The van der Waals surface area contributed by atoms with Crippen LogP contribution in [0.1, 0.15) is 26.3 Å². The topological polar surface area (TPSA) is 104 Å². The minimum atomic E-state index is -3.99. The van der Waals surface area contributed by atoms with E-state index in [1.165, 1.54) is 29.6 Å². The lowest BCUT2D eigenvalue weighted by Gasteiger charge is -2.37. The van der Waals surface area contributed by atoms with E-state index in [4.69, 9.17) is 4.74 Å². The van der Waals surface area contributed by atoms with Gasteiger partial charge in [-0.05, 0) is 55.8 Å². The number of likely N-dealkylation sites (N-methyl/N-ethyl adjacent to an activating group) is 1. The third kappa shape index (κ3) is 5.75. The molecule has 3 rings (SSSR count). The van der Waals surface area contributed by atoms with Crippen LogP contribution in [0.5, 0.6) is 5.75 Å². The number of nitrogens with zero attached hydrogens (tertiary/aromatic N) is 2. The van der Waals surface area contributed by atoms with Crippen molar-refractivity contribution in [1.82, 2.24) is 8.61 Å². The lowest BCUT2D eigenvalue weighted by atomic mass is 10.0. The first-order valence-corrected chi connectivity index (χ1v) is 14.1. The maximum Gasteiger partial charge on any atom is 0.247 e. The Kier molecular flexibility index (Phi) is 8.38. The fraction of sp³-hybridized carbons (Fsp3) is 0.417. The average molecular weight is 527 g/mol. The summed E-state index contributed by atoms with van der Waals surface area (Å²) in [5.74, 6) is -0.862. The maximum atomic E-state index is 13.5. The van der Waals surface area contributed by atoms with E-state index in [9.17, 15) is 26.3 Å². The molecule has 0 aliphatic carbocycles. The molecule has 1 heterocycles. The summed E-state index contributed by atoms with van der Waals surface area (Å²) in [6.07, 6.45) is 2.90. The maximum absolute atomic E-state index is 13.5. The zero-order chi connectivity index (χ0) is 26.0. The number of aliphatic hydroxyl groups is 1. The van der Waals surface area contributed by atoms with Crippen LogP contribution >= 0.6 is 0 Å². The number of ether oxygens (including phenoxy) is 1. The smallest absolute Gasteiger partial charge is 0.247 e. The van der Waals surface area contributed by atoms with Gasteiger partial charge >= 0.3 is 0 Å². The Labute approximate surface area is 206 Å². The fourth-order valence-corrected chi connectivity index (χ4v) is 6.90. The normalized spacial score (nSPS) is 21.8. The van der Waals surface area contributed by atoms with Gasteiger partial charge < -0.3 is 9.84 Å². The molecule has 0 aromatic heterocycles. The van der Waals surface area contributed by atoms with Crippen molar-refractivity contribution in [2.24, 2.45) is 5.92 Å². The SMILES string of the molecule is C/C=C/c1ccc2c(c1)O[C@H](CN(C)S(=O)(=O)c1ccc(F)cc1)[C@H](C)CN([C@@H](C)CO)S2(=O)=O. The molecule has 2 aromatic rings. The first kappa shape index (κ1) is 27.3. The van der Waals surface area contributed by atoms with Crippen LogP contribution < -0.4 is 4.74 Å². The van der Waals surface area contributed by atoms with E-state index >= 15 is 0 Å². The number of aliphatic hydroxyl groups excluding tert-OH is 1. The Morgan fingerprint density at radius 1 is 1.26 bits per heavy atom. The molecule has 1 aliphatic heterocycles. The van der Waals surface area contributed by atoms with Crippen LogP contribution in [0.3, 0.4) is 0 Å². The second-order valence-corrected chi connectivity index (χ2v) is 12.6. The molecule has 0 bridgehead atoms. The summed E-state index contributed by atoms with van der Waals surface area (Å²) in [5.41, 5.74) is 0.725. The molecule has 0 saturated heterocycles. The number of hydrogen-bond acceptors (Lipinski definition) is 6. The molecule has 2 aromatic carbocycles. The number of fused-ring (bicyclic) bond motifs is 1. The van der Waals surface area contributed by atoms with Gasteiger partial charge in [0.1, 0.15) is 22.6 Å². The van der Waals surface area contributed by atoms with Crippen molar-refractivity contribution in [3.63, 3.8) is 0 Å². The molecule has 0 unspecified atom stereocenters. The monoisotopic (exact) mass is 526 g/mol. The van der Waals surface area contributed by atoms with Gasteiger partial charge in [-0.25, -0.2) is 21.2 Å². The van der Waals surface area contributed by atoms with E-state index in [2.05, 4.69) is 0 Å². The van der Waals surface area contributed by atoms with Crippen LogP contribution in [0.4, 0.5) is 4.39 Å². The van der Waals surface area contributed by atoms with Crippen molar-refractivity contribution in [2.45, 2.75) is 42.7 Å². The van der Waals surface area contributed by atoms with E-state index in [1.807, 2.05) is 13.0 Å². The summed E-state index contributed by atoms with van der Waals surface area (Å²) in [5, 5.41) is 9.73. The molecular formula is C24H31FN2O6S2. The fourth-order valence-electron chi connectivity index (χ4n) is 3.89. The van der Waals surface area contributed by atoms with Crippen LogP contribution in [0.25, 0.3) is 6.08 Å². The van der Waals surface area contributed by atoms with Gasteiger partial charge in [0.15, 0.2) is 0 Å². The molecule has 0 saturated carbocycles. The van der Waals surface area contributed by atoms with Crippen molar-refractivity contribution < 1.29 is 31.1 Å². The highest BCUT2D eigenvalue weighted by molar-refractivity contribution is 7.89. The minimum absolute atomic E-state index is 0.0230. The molecule has 11 heteroatoms. The van der Waals surface area contributed by atoms with Crippen molar-refractivity contribution in [1.29, 1.82) is 0 Å². The summed E-state index contributed by atoms with van der Waals surface area (Å²) in [4.78, 5) is -0.110. The van der Waals surface area contributed by atoms with Crippen LogP contribution in [-0.2, 0) is 20.0 Å². The number of rotatable bonds is 7. The van der Waals surface area contributed by atoms with E-state index in [0.717, 1.165) is 22.0 Å². The van der Waals surface area contributed by atoms with Crippen molar-refractivity contribution >= 4 is 26.1 Å². The number of hydrogen-bond donors (Lipinski definition) is 1. The van der Waals surface area contributed by atoms with Crippen molar-refractivity contribution in [3.8, 4) is 5.75 Å². The number of halogens is 1. The predicted molar refractivity (Wildman–Crippen MR) is 131 cm³/mol. The van der Waals surface area contributed by atoms with E-state index in [0.29, 0.717) is 0 Å². The molecule has 3 atom stereocenters. The lowest BCUT2D eigenvalue weighted by molar-refractivity contribution is 0.0904. The van der Waals surface area contributed by atoms with Gasteiger partial charge in [-0.3, -0.25) is 0 Å². The summed E-state index contributed by atoms with van der Waals surface area (Å²) in [6.45, 7) is 4.79. The van der Waals surface area contributed by atoms with Crippen LogP contribution in [0, 0.1) is 11.7 Å². The number of benzene rings is 2. The summed E-state index contributed by atoms with van der Waals surface area (Å²) in [7, 11) is -6.54. The van der Waals surface area contributed by atoms with Gasteiger partial charge in [0, 0.05) is 25.6 Å². The molecule has 0 fully saturated rings. The molecule has 35 heavy (non-hydrogen) atoms. The zero-order valence-electron chi connectivity index (χ0n) is 20.1. The Bertz CT molecular complexity index is 1280. The summed E-state index contributed by atoms with van der Waals surface area (Å²) < 4.78 is 74.9. The van der Waals surface area contributed by atoms with Crippen LogP contribution in [-0.4, -0.2) is 69.4 Å². The summed E-state index contributed by atoms with van der Waals surface area (Å²) in [6, 6.07) is 8.58. The average Bonchev–Trinajstić information content (AvgIpc) is 2.81. The van der Waals surface area contributed by atoms with Gasteiger partial charge in [0.25, 0.3) is 0 Å². The largest absolute Gasteiger partial charge is 0.487 e. The number of allylic oxidation sites excluding steroid dienone is 1. The first-order chi connectivity index (χ1) is 16.4. The zero-order valence-corrected chi connectivity index (χ0v) is 21.8. The van der Waals surface area contributed by atoms with E-state index in [-0.39, 0.29) is 35.2 Å². The molecule has 1 aliphatic rings. The molecule has 192 valence electrons. The Hall–Kier alpha value is -2.31.